The topological polar surface area (TPSA) is 3.24 Å². The second kappa shape index (κ2) is 6.12. The van der Waals surface area contributed by atoms with Crippen LogP contribution in [0.3, 0.4) is 0 Å². The molecule has 0 spiro atoms. The normalized spacial score (nSPS) is 21.0. The molecule has 0 amide bonds. The van der Waals surface area contributed by atoms with Crippen LogP contribution >= 0.6 is 0 Å². The molecule has 2 rings (SSSR count). The van der Waals surface area contributed by atoms with Crippen molar-refractivity contribution in [1.29, 1.82) is 0 Å². The van der Waals surface area contributed by atoms with Crippen molar-refractivity contribution in [2.45, 2.75) is 65.7 Å². The smallest absolute Gasteiger partial charge is 0.00508 e. The van der Waals surface area contributed by atoms with Crippen LogP contribution in [-0.4, -0.2) is 24.5 Å². The lowest BCUT2D eigenvalue weighted by molar-refractivity contribution is 0.263. The molecule has 0 N–H and O–H groups in total. The predicted molar refractivity (Wildman–Crippen MR) is 93.0 cm³/mol. The lowest BCUT2D eigenvalue weighted by Crippen LogP contribution is -2.25. The van der Waals surface area contributed by atoms with Crippen molar-refractivity contribution in [2.24, 2.45) is 5.41 Å². The first-order valence-electron chi connectivity index (χ1n) is 8.48. The minimum Gasteiger partial charge on any atom is -0.303 e. The van der Waals surface area contributed by atoms with Gasteiger partial charge < -0.3 is 4.90 Å². The van der Waals surface area contributed by atoms with E-state index in [0.29, 0.717) is 5.41 Å². The van der Waals surface area contributed by atoms with E-state index < -0.39 is 0 Å². The zero-order valence-corrected chi connectivity index (χ0v) is 14.9. The summed E-state index contributed by atoms with van der Waals surface area (Å²) in [5.41, 5.74) is 3.68. The van der Waals surface area contributed by atoms with Gasteiger partial charge in [-0.3, -0.25) is 0 Å². The zero-order valence-electron chi connectivity index (χ0n) is 14.9. The Morgan fingerprint density at radius 2 is 1.62 bits per heavy atom. The largest absolute Gasteiger partial charge is 0.303 e. The maximum Gasteiger partial charge on any atom is 0.00508 e. The van der Waals surface area contributed by atoms with Crippen LogP contribution in [0.1, 0.15) is 71.4 Å². The number of hydrogen-bond acceptors (Lipinski definition) is 1. The second-order valence-electron chi connectivity index (χ2n) is 8.97. The van der Waals surface area contributed by atoms with Gasteiger partial charge in [0.25, 0.3) is 0 Å². The monoisotopic (exact) mass is 287 g/mol. The average Bonchev–Trinajstić information content (AvgIpc) is 2.83. The summed E-state index contributed by atoms with van der Waals surface area (Å²) >= 11 is 0. The third-order valence-electron chi connectivity index (χ3n) is 4.70. The first-order valence-corrected chi connectivity index (χ1v) is 8.48. The molecule has 1 nitrogen and oxygen atoms in total. The van der Waals surface area contributed by atoms with Crippen LogP contribution in [0, 0.1) is 5.41 Å². The van der Waals surface area contributed by atoms with Gasteiger partial charge in [-0.25, -0.2) is 0 Å². The van der Waals surface area contributed by atoms with Crippen molar-refractivity contribution in [3.05, 3.63) is 35.4 Å². The van der Waals surface area contributed by atoms with E-state index in [4.69, 9.17) is 0 Å². The van der Waals surface area contributed by atoms with Gasteiger partial charge >= 0.3 is 0 Å². The molecule has 0 aromatic heterocycles. The van der Waals surface area contributed by atoms with Crippen LogP contribution in [0.5, 0.6) is 0 Å². The maximum absolute atomic E-state index is 2.65. The molecule has 1 aromatic carbocycles. The Labute approximate surface area is 131 Å². The number of rotatable bonds is 3. The minimum absolute atomic E-state index is 0.257. The van der Waals surface area contributed by atoms with Gasteiger partial charge in [-0.2, -0.15) is 0 Å². The lowest BCUT2D eigenvalue weighted by Gasteiger charge is -2.23. The molecule has 0 bridgehead atoms. The van der Waals surface area contributed by atoms with Gasteiger partial charge in [0.15, 0.2) is 0 Å². The van der Waals surface area contributed by atoms with Crippen LogP contribution in [0.25, 0.3) is 0 Å². The minimum atomic E-state index is 0.257. The Morgan fingerprint density at radius 1 is 1.00 bits per heavy atom. The predicted octanol–water partition coefficient (Wildman–Crippen LogP) is 5.21. The molecule has 1 aromatic rings. The molecule has 1 atom stereocenters. The second-order valence-corrected chi connectivity index (χ2v) is 8.97. The molecular weight excluding hydrogens is 254 g/mol. The molecule has 1 aliphatic rings. The molecule has 0 aliphatic carbocycles. The Balaban J connectivity index is 1.92. The molecule has 118 valence electrons. The van der Waals surface area contributed by atoms with Crippen LogP contribution in [-0.2, 0) is 5.41 Å². The fourth-order valence-corrected chi connectivity index (χ4v) is 3.06. The molecular formula is C20H33N. The fourth-order valence-electron chi connectivity index (χ4n) is 3.06. The molecule has 1 aliphatic heterocycles. The van der Waals surface area contributed by atoms with Gasteiger partial charge in [0.1, 0.15) is 0 Å². The molecule has 0 radical (unpaired) electrons. The highest BCUT2D eigenvalue weighted by Gasteiger charge is 2.25. The van der Waals surface area contributed by atoms with E-state index >= 15 is 0 Å². The quantitative estimate of drug-likeness (QED) is 0.737. The first kappa shape index (κ1) is 16.5. The highest BCUT2D eigenvalue weighted by Crippen LogP contribution is 2.30. The van der Waals surface area contributed by atoms with Crippen molar-refractivity contribution in [3.63, 3.8) is 0 Å². The Kier molecular flexibility index (Phi) is 4.82. The summed E-state index contributed by atoms with van der Waals surface area (Å²) in [5.74, 6) is 0.735. The third kappa shape index (κ3) is 4.85. The molecule has 1 saturated heterocycles. The van der Waals surface area contributed by atoms with Crippen LogP contribution < -0.4 is 0 Å². The molecule has 1 heteroatoms. The Hall–Kier alpha value is -0.820. The third-order valence-corrected chi connectivity index (χ3v) is 4.70. The van der Waals surface area contributed by atoms with Gasteiger partial charge in [-0.05, 0) is 53.8 Å². The maximum atomic E-state index is 2.65. The summed E-state index contributed by atoms with van der Waals surface area (Å²) < 4.78 is 0. The molecule has 21 heavy (non-hydrogen) atoms. The standard InChI is InChI=1S/C20H33N/c1-19(2,3)12-14-21-13-11-17(15-21)16-7-9-18(10-8-16)20(4,5)6/h7-10,17H,11-15H2,1-6H3. The highest BCUT2D eigenvalue weighted by atomic mass is 15.1. The fraction of sp³-hybridized carbons (Fsp3) is 0.700. The van der Waals surface area contributed by atoms with E-state index in [2.05, 4.69) is 70.7 Å². The number of likely N-dealkylation sites (tertiary alicyclic amines) is 1. The van der Waals surface area contributed by atoms with E-state index in [1.54, 1.807) is 0 Å². The van der Waals surface area contributed by atoms with Crippen molar-refractivity contribution < 1.29 is 0 Å². The SMILES string of the molecule is CC(C)(C)CCN1CCC(c2ccc(C(C)(C)C)cc2)C1. The summed E-state index contributed by atoms with van der Waals surface area (Å²) in [7, 11) is 0. The number of nitrogens with zero attached hydrogens (tertiary/aromatic N) is 1. The van der Waals surface area contributed by atoms with Crippen molar-refractivity contribution in [1.82, 2.24) is 4.90 Å². The van der Waals surface area contributed by atoms with E-state index in [9.17, 15) is 0 Å². The summed E-state index contributed by atoms with van der Waals surface area (Å²) in [5, 5.41) is 0. The van der Waals surface area contributed by atoms with E-state index in [-0.39, 0.29) is 5.41 Å². The highest BCUT2D eigenvalue weighted by molar-refractivity contribution is 5.30. The zero-order chi connectivity index (χ0) is 15.7. The summed E-state index contributed by atoms with van der Waals surface area (Å²) in [6, 6.07) is 9.37. The number of benzene rings is 1. The van der Waals surface area contributed by atoms with E-state index in [0.717, 1.165) is 5.92 Å². The average molecular weight is 287 g/mol. The van der Waals surface area contributed by atoms with Crippen LogP contribution in [0.2, 0.25) is 0 Å². The summed E-state index contributed by atoms with van der Waals surface area (Å²) in [4.78, 5) is 2.65. The van der Waals surface area contributed by atoms with Crippen LogP contribution in [0.15, 0.2) is 24.3 Å². The van der Waals surface area contributed by atoms with Gasteiger partial charge in [0, 0.05) is 6.54 Å². The Bertz CT molecular complexity index is 444. The van der Waals surface area contributed by atoms with Gasteiger partial charge in [0.05, 0.1) is 0 Å². The van der Waals surface area contributed by atoms with Gasteiger partial charge in [-0.15, -0.1) is 0 Å². The molecule has 1 fully saturated rings. The van der Waals surface area contributed by atoms with Crippen molar-refractivity contribution >= 4 is 0 Å². The van der Waals surface area contributed by atoms with Gasteiger partial charge in [0.2, 0.25) is 0 Å². The van der Waals surface area contributed by atoms with E-state index in [1.807, 2.05) is 0 Å². The molecule has 0 saturated carbocycles. The summed E-state index contributed by atoms with van der Waals surface area (Å²) in [6.45, 7) is 17.6. The first-order chi connectivity index (χ1) is 9.65. The lowest BCUT2D eigenvalue weighted by atomic mass is 9.85. The van der Waals surface area contributed by atoms with E-state index in [1.165, 1.54) is 43.6 Å². The summed E-state index contributed by atoms with van der Waals surface area (Å²) in [6.07, 6.45) is 2.61. The Morgan fingerprint density at radius 3 is 2.14 bits per heavy atom. The molecule has 1 unspecified atom stereocenters. The van der Waals surface area contributed by atoms with Gasteiger partial charge in [-0.1, -0.05) is 65.8 Å². The number of hydrogen-bond donors (Lipinski definition) is 0. The molecule has 1 heterocycles. The van der Waals surface area contributed by atoms with Crippen molar-refractivity contribution in [2.75, 3.05) is 19.6 Å². The van der Waals surface area contributed by atoms with Crippen LogP contribution in [0.4, 0.5) is 0 Å². The van der Waals surface area contributed by atoms with Crippen molar-refractivity contribution in [3.8, 4) is 0 Å².